The molecule has 92 valence electrons. The molecule has 1 heterocycles. The Morgan fingerprint density at radius 2 is 2.35 bits per heavy atom. The molecule has 1 aromatic rings. The first-order valence-electron chi connectivity index (χ1n) is 5.41. The van der Waals surface area contributed by atoms with Crippen molar-refractivity contribution in [3.63, 3.8) is 0 Å². The van der Waals surface area contributed by atoms with E-state index in [1.807, 2.05) is 11.8 Å². The number of hydrogen-bond donors (Lipinski definition) is 2. The first-order valence-corrected chi connectivity index (χ1v) is 5.41. The molecular weight excluding hydrogens is 224 g/mol. The molecule has 1 aliphatic carbocycles. The molecule has 0 amide bonds. The molecule has 2 rings (SSSR count). The number of aromatic nitrogens is 2. The van der Waals surface area contributed by atoms with Gasteiger partial charge in [0.1, 0.15) is 6.33 Å². The number of nitrogens with zero attached hydrogens (tertiary/aromatic N) is 4. The van der Waals surface area contributed by atoms with E-state index in [9.17, 15) is 10.1 Å². The van der Waals surface area contributed by atoms with E-state index < -0.39 is 4.92 Å². The van der Waals surface area contributed by atoms with Crippen LogP contribution < -0.4 is 16.2 Å². The van der Waals surface area contributed by atoms with Crippen LogP contribution in [-0.4, -0.2) is 27.5 Å². The Balaban J connectivity index is 2.47. The molecule has 0 unspecified atom stereocenters. The standard InChI is InChI=1S/C9H14N6O2/c1-2-14(6-3-4-6)9-7(15(16)17)8(13-10)11-5-12-9/h5-6H,2-4,10H2,1H3,(H,11,12,13). The van der Waals surface area contributed by atoms with E-state index in [0.29, 0.717) is 18.4 Å². The van der Waals surface area contributed by atoms with Gasteiger partial charge in [0.25, 0.3) is 0 Å². The van der Waals surface area contributed by atoms with Gasteiger partial charge < -0.3 is 10.3 Å². The first-order chi connectivity index (χ1) is 8.19. The number of nitrogens with two attached hydrogens (primary N) is 1. The van der Waals surface area contributed by atoms with Crippen LogP contribution >= 0.6 is 0 Å². The zero-order valence-electron chi connectivity index (χ0n) is 9.46. The molecule has 1 saturated carbocycles. The molecule has 17 heavy (non-hydrogen) atoms. The lowest BCUT2D eigenvalue weighted by Gasteiger charge is -2.21. The number of nitro groups is 1. The van der Waals surface area contributed by atoms with Gasteiger partial charge in [-0.3, -0.25) is 10.1 Å². The van der Waals surface area contributed by atoms with Crippen molar-refractivity contribution < 1.29 is 4.92 Å². The fourth-order valence-corrected chi connectivity index (χ4v) is 1.82. The molecule has 0 bridgehead atoms. The van der Waals surface area contributed by atoms with Crippen LogP contribution in [0.1, 0.15) is 19.8 Å². The molecular formula is C9H14N6O2. The fourth-order valence-electron chi connectivity index (χ4n) is 1.82. The van der Waals surface area contributed by atoms with E-state index in [4.69, 9.17) is 5.84 Å². The van der Waals surface area contributed by atoms with Crippen molar-refractivity contribution in [2.24, 2.45) is 5.84 Å². The molecule has 0 radical (unpaired) electrons. The minimum atomic E-state index is -0.504. The monoisotopic (exact) mass is 238 g/mol. The fraction of sp³-hybridized carbons (Fsp3) is 0.556. The summed E-state index contributed by atoms with van der Waals surface area (Å²) >= 11 is 0. The topological polar surface area (TPSA) is 110 Å². The molecule has 0 aromatic carbocycles. The molecule has 0 aliphatic heterocycles. The number of hydrazine groups is 1. The number of anilines is 2. The first kappa shape index (κ1) is 11.5. The van der Waals surface area contributed by atoms with Crippen molar-refractivity contribution in [2.45, 2.75) is 25.8 Å². The summed E-state index contributed by atoms with van der Waals surface area (Å²) in [4.78, 5) is 20.3. The van der Waals surface area contributed by atoms with Gasteiger partial charge in [0, 0.05) is 12.6 Å². The Kier molecular flexibility index (Phi) is 3.05. The lowest BCUT2D eigenvalue weighted by molar-refractivity contribution is -0.383. The third-order valence-electron chi connectivity index (χ3n) is 2.72. The molecule has 1 aliphatic rings. The van der Waals surface area contributed by atoms with Crippen LogP contribution in [0.15, 0.2) is 6.33 Å². The Hall–Kier alpha value is -1.96. The van der Waals surface area contributed by atoms with Crippen LogP contribution in [0.5, 0.6) is 0 Å². The zero-order chi connectivity index (χ0) is 12.4. The van der Waals surface area contributed by atoms with Crippen molar-refractivity contribution in [1.82, 2.24) is 9.97 Å². The van der Waals surface area contributed by atoms with Gasteiger partial charge in [0.15, 0.2) is 0 Å². The second kappa shape index (κ2) is 4.50. The molecule has 0 spiro atoms. The molecule has 8 nitrogen and oxygen atoms in total. The van der Waals surface area contributed by atoms with Gasteiger partial charge in [-0.05, 0) is 19.8 Å². The van der Waals surface area contributed by atoms with Gasteiger partial charge >= 0.3 is 5.69 Å². The maximum Gasteiger partial charge on any atom is 0.354 e. The third kappa shape index (κ3) is 2.11. The minimum Gasteiger partial charge on any atom is -0.348 e. The van der Waals surface area contributed by atoms with E-state index in [1.54, 1.807) is 0 Å². The largest absolute Gasteiger partial charge is 0.354 e. The van der Waals surface area contributed by atoms with Crippen LogP contribution in [0.3, 0.4) is 0 Å². The van der Waals surface area contributed by atoms with Crippen LogP contribution in [-0.2, 0) is 0 Å². The average Bonchev–Trinajstić information content (AvgIpc) is 3.13. The van der Waals surface area contributed by atoms with Crippen LogP contribution in [0.2, 0.25) is 0 Å². The van der Waals surface area contributed by atoms with Gasteiger partial charge in [0.05, 0.1) is 4.92 Å². The Morgan fingerprint density at radius 1 is 1.65 bits per heavy atom. The maximum atomic E-state index is 11.1. The number of nitrogen functional groups attached to an aromatic ring is 1. The van der Waals surface area contributed by atoms with Gasteiger partial charge in [-0.2, -0.15) is 0 Å². The van der Waals surface area contributed by atoms with Crippen molar-refractivity contribution in [3.05, 3.63) is 16.4 Å². The lowest BCUT2D eigenvalue weighted by Crippen LogP contribution is -2.27. The summed E-state index contributed by atoms with van der Waals surface area (Å²) in [5, 5.41) is 11.1. The third-order valence-corrected chi connectivity index (χ3v) is 2.72. The summed E-state index contributed by atoms with van der Waals surface area (Å²) in [6.45, 7) is 2.62. The molecule has 1 aromatic heterocycles. The minimum absolute atomic E-state index is 0.0408. The normalized spacial score (nSPS) is 14.5. The highest BCUT2D eigenvalue weighted by Crippen LogP contribution is 2.37. The van der Waals surface area contributed by atoms with Gasteiger partial charge in [0.2, 0.25) is 11.6 Å². The van der Waals surface area contributed by atoms with E-state index in [2.05, 4.69) is 15.4 Å². The second-order valence-corrected chi connectivity index (χ2v) is 3.81. The average molecular weight is 238 g/mol. The quantitative estimate of drug-likeness (QED) is 0.440. The molecule has 1 fully saturated rings. The Labute approximate surface area is 98.0 Å². The molecule has 0 atom stereocenters. The van der Waals surface area contributed by atoms with E-state index >= 15 is 0 Å². The Bertz CT molecular complexity index is 433. The van der Waals surface area contributed by atoms with Crippen molar-refractivity contribution in [3.8, 4) is 0 Å². The van der Waals surface area contributed by atoms with Crippen molar-refractivity contribution >= 4 is 17.3 Å². The van der Waals surface area contributed by atoms with Crippen LogP contribution in [0.25, 0.3) is 0 Å². The summed E-state index contributed by atoms with van der Waals surface area (Å²) < 4.78 is 0. The molecule has 3 N–H and O–H groups in total. The SMILES string of the molecule is CCN(c1ncnc(NN)c1[N+](=O)[O-])C1CC1. The smallest absolute Gasteiger partial charge is 0.348 e. The van der Waals surface area contributed by atoms with Crippen molar-refractivity contribution in [2.75, 3.05) is 16.9 Å². The summed E-state index contributed by atoms with van der Waals surface area (Å²) in [5.74, 6) is 5.60. The summed E-state index contributed by atoms with van der Waals surface area (Å²) in [6, 6.07) is 0.347. The highest BCUT2D eigenvalue weighted by atomic mass is 16.6. The summed E-state index contributed by atoms with van der Waals surface area (Å²) in [7, 11) is 0. The van der Waals surface area contributed by atoms with Gasteiger partial charge in [-0.15, -0.1) is 0 Å². The summed E-state index contributed by atoms with van der Waals surface area (Å²) in [5.41, 5.74) is 2.07. The predicted molar refractivity (Wildman–Crippen MR) is 62.5 cm³/mol. The molecule has 8 heteroatoms. The van der Waals surface area contributed by atoms with Crippen LogP contribution in [0, 0.1) is 10.1 Å². The predicted octanol–water partition coefficient (Wildman–Crippen LogP) is 0.659. The second-order valence-electron chi connectivity index (χ2n) is 3.81. The highest BCUT2D eigenvalue weighted by Gasteiger charge is 2.34. The lowest BCUT2D eigenvalue weighted by atomic mass is 10.3. The maximum absolute atomic E-state index is 11.1. The van der Waals surface area contributed by atoms with E-state index in [0.717, 1.165) is 12.8 Å². The van der Waals surface area contributed by atoms with Crippen LogP contribution in [0.4, 0.5) is 17.3 Å². The van der Waals surface area contributed by atoms with E-state index in [-0.39, 0.29) is 11.5 Å². The Morgan fingerprint density at radius 3 is 2.82 bits per heavy atom. The zero-order valence-corrected chi connectivity index (χ0v) is 9.46. The summed E-state index contributed by atoms with van der Waals surface area (Å²) in [6.07, 6.45) is 3.36. The number of rotatable bonds is 5. The van der Waals surface area contributed by atoms with E-state index in [1.165, 1.54) is 6.33 Å². The van der Waals surface area contributed by atoms with Gasteiger partial charge in [-0.25, -0.2) is 15.8 Å². The number of hydrogen-bond acceptors (Lipinski definition) is 7. The number of nitrogens with one attached hydrogen (secondary N) is 1. The highest BCUT2D eigenvalue weighted by molar-refractivity contribution is 5.70. The van der Waals surface area contributed by atoms with Gasteiger partial charge in [-0.1, -0.05) is 0 Å². The molecule has 0 saturated heterocycles. The van der Waals surface area contributed by atoms with Crippen molar-refractivity contribution in [1.29, 1.82) is 0 Å².